The largest absolute Gasteiger partial charge is 0.356 e. The second kappa shape index (κ2) is 8.29. The lowest BCUT2D eigenvalue weighted by Crippen LogP contribution is -2.29. The number of fused-ring (bicyclic) bond motifs is 1. The highest BCUT2D eigenvalue weighted by Gasteiger charge is 2.26. The molecule has 0 unspecified atom stereocenters. The van der Waals surface area contributed by atoms with E-state index in [4.69, 9.17) is 0 Å². The van der Waals surface area contributed by atoms with Crippen LogP contribution < -0.4 is 10.6 Å². The highest BCUT2D eigenvalue weighted by Crippen LogP contribution is 2.33. The molecular weight excluding hydrogens is 408 g/mol. The lowest BCUT2D eigenvalue weighted by atomic mass is 9.94. The number of H-pyrrole nitrogens is 1. The van der Waals surface area contributed by atoms with E-state index in [2.05, 4.69) is 32.7 Å². The molecule has 1 aromatic carbocycles. The minimum absolute atomic E-state index is 0.0926. The van der Waals surface area contributed by atoms with Crippen molar-refractivity contribution in [1.82, 2.24) is 15.3 Å². The molecule has 1 aliphatic heterocycles. The van der Waals surface area contributed by atoms with Gasteiger partial charge in [-0.05, 0) is 34.7 Å². The fraction of sp³-hybridized carbons (Fsp3) is 0.125. The molecular formula is C24H20N4O2S. The Morgan fingerprint density at radius 1 is 1.10 bits per heavy atom. The van der Waals surface area contributed by atoms with Crippen molar-refractivity contribution in [3.8, 4) is 11.3 Å². The average Bonchev–Trinajstić information content (AvgIpc) is 3.44. The van der Waals surface area contributed by atoms with E-state index in [1.165, 1.54) is 11.3 Å². The zero-order valence-electron chi connectivity index (χ0n) is 16.6. The van der Waals surface area contributed by atoms with Crippen LogP contribution in [0.5, 0.6) is 0 Å². The third-order valence-corrected chi connectivity index (χ3v) is 6.17. The highest BCUT2D eigenvalue weighted by molar-refractivity contribution is 7.12. The molecule has 4 aromatic rings. The summed E-state index contributed by atoms with van der Waals surface area (Å²) in [5.74, 6) is 0.378. The van der Waals surface area contributed by atoms with Gasteiger partial charge in [-0.15, -0.1) is 11.3 Å². The molecule has 0 aliphatic carbocycles. The Labute approximate surface area is 183 Å². The highest BCUT2D eigenvalue weighted by atomic mass is 32.1. The number of carbonyl (C=O) groups is 2. The lowest BCUT2D eigenvalue weighted by molar-refractivity contribution is 0.0980. The van der Waals surface area contributed by atoms with E-state index in [9.17, 15) is 9.59 Å². The number of thiophene rings is 1. The Kier molecular flexibility index (Phi) is 5.19. The molecule has 1 aliphatic rings. The third kappa shape index (κ3) is 3.93. The monoisotopic (exact) mass is 428 g/mol. The van der Waals surface area contributed by atoms with Crippen molar-refractivity contribution in [2.75, 3.05) is 11.9 Å². The van der Waals surface area contributed by atoms with Crippen LogP contribution in [0.25, 0.3) is 11.3 Å². The molecule has 0 fully saturated rings. The van der Waals surface area contributed by atoms with Gasteiger partial charge in [0.1, 0.15) is 5.82 Å². The normalized spacial score (nSPS) is 13.1. The van der Waals surface area contributed by atoms with Crippen LogP contribution in [-0.2, 0) is 13.0 Å². The number of amides is 1. The van der Waals surface area contributed by atoms with Gasteiger partial charge >= 0.3 is 0 Å². The Balaban J connectivity index is 1.54. The molecule has 0 radical (unpaired) electrons. The molecule has 0 spiro atoms. The van der Waals surface area contributed by atoms with Crippen LogP contribution in [0, 0.1) is 0 Å². The molecule has 3 N–H and O–H groups in total. The molecule has 31 heavy (non-hydrogen) atoms. The molecule has 5 rings (SSSR count). The van der Waals surface area contributed by atoms with Gasteiger partial charge in [-0.2, -0.15) is 0 Å². The number of hydrogen-bond donors (Lipinski definition) is 3. The molecule has 1 amide bonds. The summed E-state index contributed by atoms with van der Waals surface area (Å²) in [6.07, 6.45) is 2.32. The number of benzene rings is 1. The number of nitrogens with one attached hydrogen (secondary N) is 3. The Morgan fingerprint density at radius 2 is 1.97 bits per heavy atom. The second-order valence-corrected chi connectivity index (χ2v) is 8.33. The quantitative estimate of drug-likeness (QED) is 0.443. The van der Waals surface area contributed by atoms with E-state index in [1.54, 1.807) is 12.3 Å². The number of rotatable bonds is 5. The van der Waals surface area contributed by atoms with Gasteiger partial charge in [0, 0.05) is 36.0 Å². The maximum atomic E-state index is 12.7. The molecule has 4 heterocycles. The summed E-state index contributed by atoms with van der Waals surface area (Å²) >= 11 is 1.38. The number of Topliss-reactive ketones (excluding diaryl/α,β-unsaturated/α-hetero) is 1. The van der Waals surface area contributed by atoms with Crippen LogP contribution in [-0.4, -0.2) is 28.2 Å². The van der Waals surface area contributed by atoms with E-state index < -0.39 is 0 Å². The van der Waals surface area contributed by atoms with Crippen molar-refractivity contribution in [3.05, 3.63) is 93.4 Å². The second-order valence-electron chi connectivity index (χ2n) is 7.38. The summed E-state index contributed by atoms with van der Waals surface area (Å²) in [5.41, 5.74) is 5.56. The van der Waals surface area contributed by atoms with Gasteiger partial charge in [-0.3, -0.25) is 9.59 Å². The van der Waals surface area contributed by atoms with Crippen LogP contribution in [0.4, 0.5) is 5.82 Å². The summed E-state index contributed by atoms with van der Waals surface area (Å²) in [5, 5.41) is 7.88. The van der Waals surface area contributed by atoms with Crippen LogP contribution in [0.3, 0.4) is 0 Å². The van der Waals surface area contributed by atoms with Crippen molar-refractivity contribution in [1.29, 1.82) is 0 Å². The average molecular weight is 429 g/mol. The minimum atomic E-state index is -0.186. The molecule has 0 saturated heterocycles. The van der Waals surface area contributed by atoms with Gasteiger partial charge in [0.05, 0.1) is 17.1 Å². The minimum Gasteiger partial charge on any atom is -0.356 e. The summed E-state index contributed by atoms with van der Waals surface area (Å²) < 4.78 is 0. The molecule has 0 saturated carbocycles. The van der Waals surface area contributed by atoms with Crippen molar-refractivity contribution < 1.29 is 9.59 Å². The lowest BCUT2D eigenvalue weighted by Gasteiger charge is -2.13. The number of anilines is 1. The summed E-state index contributed by atoms with van der Waals surface area (Å²) in [6, 6.07) is 17.5. The zero-order valence-corrected chi connectivity index (χ0v) is 17.5. The molecule has 6 nitrogen and oxygen atoms in total. The van der Waals surface area contributed by atoms with E-state index >= 15 is 0 Å². The van der Waals surface area contributed by atoms with Crippen LogP contribution in [0.1, 0.15) is 36.9 Å². The summed E-state index contributed by atoms with van der Waals surface area (Å²) in [7, 11) is 0. The smallest absolute Gasteiger partial charge is 0.266 e. The van der Waals surface area contributed by atoms with Crippen LogP contribution >= 0.6 is 11.3 Å². The van der Waals surface area contributed by atoms with Crippen LogP contribution in [0.2, 0.25) is 0 Å². The Morgan fingerprint density at radius 3 is 2.77 bits per heavy atom. The van der Waals surface area contributed by atoms with E-state index in [1.807, 2.05) is 41.8 Å². The molecule has 154 valence electrons. The maximum absolute atomic E-state index is 12.7. The van der Waals surface area contributed by atoms with Gasteiger partial charge in [-0.25, -0.2) is 4.98 Å². The third-order valence-electron chi connectivity index (χ3n) is 5.31. The van der Waals surface area contributed by atoms with Gasteiger partial charge in [0.2, 0.25) is 0 Å². The number of pyridine rings is 1. The standard InChI is InChI=1S/C24H20N4O2S/c29-19-14-25-13-18-22(19)17(11-15-5-2-1-3-6-15)23(27-18)16-8-9-26-21(12-16)28-24(30)20-7-4-10-31-20/h1-10,12,25,27H,11,13-14H2,(H,26,28,30). The first-order chi connectivity index (χ1) is 15.2. The number of ketones is 1. The van der Waals surface area contributed by atoms with Crippen molar-refractivity contribution in [3.63, 3.8) is 0 Å². The number of aromatic nitrogens is 2. The first-order valence-corrected chi connectivity index (χ1v) is 10.9. The summed E-state index contributed by atoms with van der Waals surface area (Å²) in [6.45, 7) is 0.959. The maximum Gasteiger partial charge on any atom is 0.266 e. The van der Waals surface area contributed by atoms with Gasteiger partial charge in [0.15, 0.2) is 5.78 Å². The number of nitrogens with zero attached hydrogens (tertiary/aromatic N) is 1. The predicted molar refractivity (Wildman–Crippen MR) is 122 cm³/mol. The predicted octanol–water partition coefficient (Wildman–Crippen LogP) is 4.27. The molecule has 0 atom stereocenters. The fourth-order valence-corrected chi connectivity index (χ4v) is 4.54. The SMILES string of the molecule is O=C(Nc1cc(-c2[nH]c3c(c2Cc2ccccc2)C(=O)CNC3)ccn1)c1cccs1. The topological polar surface area (TPSA) is 86.9 Å². The van der Waals surface area contributed by atoms with Gasteiger partial charge in [-0.1, -0.05) is 36.4 Å². The van der Waals surface area contributed by atoms with Gasteiger partial charge < -0.3 is 15.6 Å². The number of hydrogen-bond acceptors (Lipinski definition) is 5. The molecule has 7 heteroatoms. The van der Waals surface area contributed by atoms with Gasteiger partial charge in [0.25, 0.3) is 5.91 Å². The Bertz CT molecular complexity index is 1250. The number of carbonyl (C=O) groups excluding carboxylic acids is 2. The molecule has 3 aromatic heterocycles. The fourth-order valence-electron chi connectivity index (χ4n) is 3.92. The van der Waals surface area contributed by atoms with E-state index in [-0.39, 0.29) is 11.7 Å². The van der Waals surface area contributed by atoms with Crippen molar-refractivity contribution in [2.45, 2.75) is 13.0 Å². The zero-order chi connectivity index (χ0) is 21.2. The first kappa shape index (κ1) is 19.4. The van der Waals surface area contributed by atoms with E-state index in [0.717, 1.165) is 33.6 Å². The molecule has 0 bridgehead atoms. The Hall–Kier alpha value is -3.55. The first-order valence-electron chi connectivity index (χ1n) is 10.0. The van der Waals surface area contributed by atoms with Crippen molar-refractivity contribution in [2.24, 2.45) is 0 Å². The van der Waals surface area contributed by atoms with E-state index in [0.29, 0.717) is 30.2 Å². The summed E-state index contributed by atoms with van der Waals surface area (Å²) in [4.78, 5) is 33.6. The number of aromatic amines is 1. The van der Waals surface area contributed by atoms with Crippen LogP contribution in [0.15, 0.2) is 66.2 Å². The van der Waals surface area contributed by atoms with Crippen molar-refractivity contribution >= 4 is 28.8 Å².